The van der Waals surface area contributed by atoms with Crippen molar-refractivity contribution in [3.63, 3.8) is 0 Å². The Bertz CT molecular complexity index is 1270. The molecule has 0 bridgehead atoms. The van der Waals surface area contributed by atoms with E-state index in [9.17, 15) is 4.79 Å². The lowest BCUT2D eigenvalue weighted by Crippen LogP contribution is -2.18. The number of aryl methyl sites for hydroxylation is 1. The Balaban J connectivity index is 1.60. The van der Waals surface area contributed by atoms with Gasteiger partial charge in [-0.25, -0.2) is 19.6 Å². The van der Waals surface area contributed by atoms with E-state index in [1.165, 1.54) is 0 Å². The molecular formula is C22H22N8O. The maximum Gasteiger partial charge on any atom is 0.151 e. The van der Waals surface area contributed by atoms with Crippen LogP contribution in [-0.4, -0.2) is 41.5 Å². The van der Waals surface area contributed by atoms with Crippen LogP contribution in [0.3, 0.4) is 0 Å². The van der Waals surface area contributed by atoms with Crippen LogP contribution >= 0.6 is 0 Å². The van der Waals surface area contributed by atoms with Crippen molar-refractivity contribution in [1.82, 2.24) is 29.7 Å². The number of carbonyl (C=O) groups is 1. The van der Waals surface area contributed by atoms with Gasteiger partial charge in [0.05, 0.1) is 23.8 Å². The SMILES string of the molecule is CCc1nc2c(N)ncc(-c3cnn(-c4cccnc4)c3)c2nc1NC1CCC(=O)C1. The molecule has 0 aromatic carbocycles. The van der Waals surface area contributed by atoms with E-state index in [-0.39, 0.29) is 11.8 Å². The minimum Gasteiger partial charge on any atom is -0.382 e. The summed E-state index contributed by atoms with van der Waals surface area (Å²) in [6.45, 7) is 2.02. The van der Waals surface area contributed by atoms with Crippen LogP contribution in [0, 0.1) is 0 Å². The smallest absolute Gasteiger partial charge is 0.151 e. The molecule has 9 nitrogen and oxygen atoms in total. The van der Waals surface area contributed by atoms with Crippen LogP contribution in [0.2, 0.25) is 0 Å². The molecule has 0 radical (unpaired) electrons. The number of nitrogen functional groups attached to an aromatic ring is 1. The molecule has 1 unspecified atom stereocenters. The van der Waals surface area contributed by atoms with E-state index in [1.54, 1.807) is 29.5 Å². The first kappa shape index (κ1) is 19.1. The number of rotatable bonds is 5. The number of anilines is 2. The molecule has 0 amide bonds. The molecular weight excluding hydrogens is 392 g/mol. The van der Waals surface area contributed by atoms with Crippen LogP contribution in [0.15, 0.2) is 43.1 Å². The highest BCUT2D eigenvalue weighted by atomic mass is 16.1. The molecule has 1 fully saturated rings. The van der Waals surface area contributed by atoms with Gasteiger partial charge >= 0.3 is 0 Å². The van der Waals surface area contributed by atoms with Crippen molar-refractivity contribution in [2.24, 2.45) is 0 Å². The van der Waals surface area contributed by atoms with Crippen molar-refractivity contribution in [2.75, 3.05) is 11.1 Å². The van der Waals surface area contributed by atoms with Gasteiger partial charge < -0.3 is 11.1 Å². The van der Waals surface area contributed by atoms with Crippen molar-refractivity contribution in [1.29, 1.82) is 0 Å². The Labute approximate surface area is 178 Å². The largest absolute Gasteiger partial charge is 0.382 e. The van der Waals surface area contributed by atoms with Crippen molar-refractivity contribution in [3.05, 3.63) is 48.8 Å². The van der Waals surface area contributed by atoms with Gasteiger partial charge in [0.25, 0.3) is 0 Å². The molecule has 0 spiro atoms. The van der Waals surface area contributed by atoms with Crippen LogP contribution < -0.4 is 11.1 Å². The molecule has 5 rings (SSSR count). The Morgan fingerprint density at radius 2 is 2.13 bits per heavy atom. The van der Waals surface area contributed by atoms with E-state index in [0.29, 0.717) is 41.9 Å². The molecule has 3 N–H and O–H groups in total. The summed E-state index contributed by atoms with van der Waals surface area (Å²) in [5.74, 6) is 1.31. The third kappa shape index (κ3) is 3.58. The molecule has 1 aliphatic carbocycles. The fraction of sp³-hybridized carbons (Fsp3) is 0.273. The van der Waals surface area contributed by atoms with Gasteiger partial charge in [-0.15, -0.1) is 0 Å². The summed E-state index contributed by atoms with van der Waals surface area (Å²) in [5, 5.41) is 7.88. The number of fused-ring (bicyclic) bond motifs is 1. The average molecular weight is 414 g/mol. The molecule has 4 aromatic rings. The second-order valence-electron chi connectivity index (χ2n) is 7.63. The van der Waals surface area contributed by atoms with Crippen LogP contribution in [0.25, 0.3) is 27.8 Å². The molecule has 1 aliphatic rings. The summed E-state index contributed by atoms with van der Waals surface area (Å²) in [6, 6.07) is 3.88. The lowest BCUT2D eigenvalue weighted by atomic mass is 10.1. The Kier molecular flexibility index (Phi) is 4.78. The van der Waals surface area contributed by atoms with Gasteiger partial charge in [-0.1, -0.05) is 6.92 Å². The molecule has 0 aliphatic heterocycles. The van der Waals surface area contributed by atoms with E-state index in [2.05, 4.69) is 20.4 Å². The normalized spacial score (nSPS) is 16.2. The quantitative estimate of drug-likeness (QED) is 0.511. The first-order chi connectivity index (χ1) is 15.1. The lowest BCUT2D eigenvalue weighted by Gasteiger charge is -2.16. The van der Waals surface area contributed by atoms with Gasteiger partial charge in [-0.2, -0.15) is 5.10 Å². The Morgan fingerprint density at radius 1 is 1.23 bits per heavy atom. The van der Waals surface area contributed by atoms with Crippen molar-refractivity contribution in [2.45, 2.75) is 38.6 Å². The monoisotopic (exact) mass is 414 g/mol. The number of nitrogens with two attached hydrogens (primary N) is 1. The first-order valence-corrected chi connectivity index (χ1v) is 10.3. The molecule has 156 valence electrons. The third-order valence-corrected chi connectivity index (χ3v) is 5.52. The van der Waals surface area contributed by atoms with E-state index in [0.717, 1.165) is 28.9 Å². The van der Waals surface area contributed by atoms with Gasteiger partial charge in [-0.05, 0) is 25.0 Å². The molecule has 0 saturated heterocycles. The van der Waals surface area contributed by atoms with Gasteiger partial charge in [-0.3, -0.25) is 9.78 Å². The number of ketones is 1. The molecule has 4 heterocycles. The third-order valence-electron chi connectivity index (χ3n) is 5.52. The molecule has 31 heavy (non-hydrogen) atoms. The number of carbonyl (C=O) groups excluding carboxylic acids is 1. The second kappa shape index (κ2) is 7.75. The van der Waals surface area contributed by atoms with Gasteiger partial charge in [0.2, 0.25) is 0 Å². The second-order valence-corrected chi connectivity index (χ2v) is 7.63. The summed E-state index contributed by atoms with van der Waals surface area (Å²) in [4.78, 5) is 29.9. The highest BCUT2D eigenvalue weighted by Gasteiger charge is 2.24. The first-order valence-electron chi connectivity index (χ1n) is 10.3. The molecule has 1 atom stereocenters. The minimum atomic E-state index is 0.0838. The van der Waals surface area contributed by atoms with E-state index in [4.69, 9.17) is 15.7 Å². The number of aromatic nitrogens is 6. The highest BCUT2D eigenvalue weighted by Crippen LogP contribution is 2.31. The Hall–Kier alpha value is -3.88. The fourth-order valence-electron chi connectivity index (χ4n) is 3.89. The van der Waals surface area contributed by atoms with E-state index < -0.39 is 0 Å². The topological polar surface area (TPSA) is 124 Å². The highest BCUT2D eigenvalue weighted by molar-refractivity contribution is 5.96. The van der Waals surface area contributed by atoms with Crippen LogP contribution in [-0.2, 0) is 11.2 Å². The van der Waals surface area contributed by atoms with Gasteiger partial charge in [0.15, 0.2) is 5.82 Å². The summed E-state index contributed by atoms with van der Waals surface area (Å²) in [7, 11) is 0. The molecule has 1 saturated carbocycles. The summed E-state index contributed by atoms with van der Waals surface area (Å²) in [5.41, 5.74) is 10.7. The average Bonchev–Trinajstić information content (AvgIpc) is 3.44. The molecule has 4 aromatic heterocycles. The van der Waals surface area contributed by atoms with E-state index >= 15 is 0 Å². The zero-order chi connectivity index (χ0) is 21.4. The number of hydrogen-bond donors (Lipinski definition) is 2. The number of hydrogen-bond acceptors (Lipinski definition) is 8. The zero-order valence-corrected chi connectivity index (χ0v) is 17.1. The van der Waals surface area contributed by atoms with Crippen molar-refractivity contribution in [3.8, 4) is 16.8 Å². The predicted molar refractivity (Wildman–Crippen MR) is 118 cm³/mol. The van der Waals surface area contributed by atoms with Gasteiger partial charge in [0.1, 0.15) is 22.6 Å². The number of nitrogens with zero attached hydrogens (tertiary/aromatic N) is 6. The zero-order valence-electron chi connectivity index (χ0n) is 17.1. The number of Topliss-reactive ketones (excluding diaryl/α,β-unsaturated/α-hetero) is 1. The Morgan fingerprint density at radius 3 is 2.87 bits per heavy atom. The van der Waals surface area contributed by atoms with Crippen molar-refractivity contribution >= 4 is 28.5 Å². The standard InChI is InChI=1S/C22H22N8O/c1-2-18-22(27-14-5-6-16(31)8-14)29-19-17(11-25-21(23)20(19)28-18)13-9-26-30(12-13)15-4-3-7-24-10-15/h3-4,7,9-12,14H,2,5-6,8H2,1H3,(H2,23,25)(H,27,29). The van der Waals surface area contributed by atoms with Crippen molar-refractivity contribution < 1.29 is 4.79 Å². The van der Waals surface area contributed by atoms with Crippen LogP contribution in [0.5, 0.6) is 0 Å². The fourth-order valence-corrected chi connectivity index (χ4v) is 3.89. The van der Waals surface area contributed by atoms with Crippen LogP contribution in [0.4, 0.5) is 11.6 Å². The minimum absolute atomic E-state index is 0.0838. The van der Waals surface area contributed by atoms with E-state index in [1.807, 2.05) is 25.3 Å². The summed E-state index contributed by atoms with van der Waals surface area (Å²) >= 11 is 0. The maximum absolute atomic E-state index is 11.7. The van der Waals surface area contributed by atoms with Crippen LogP contribution in [0.1, 0.15) is 31.9 Å². The van der Waals surface area contributed by atoms with Gasteiger partial charge in [0, 0.05) is 48.6 Å². The number of nitrogens with one attached hydrogen (secondary N) is 1. The predicted octanol–water partition coefficient (Wildman–Crippen LogP) is 2.95. The summed E-state index contributed by atoms with van der Waals surface area (Å²) < 4.78 is 1.75. The lowest BCUT2D eigenvalue weighted by molar-refractivity contribution is -0.117. The number of pyridine rings is 2. The summed E-state index contributed by atoms with van der Waals surface area (Å²) in [6.07, 6.45) is 11.5. The maximum atomic E-state index is 11.7. The molecule has 9 heteroatoms.